The minimum Gasteiger partial charge on any atom is -0.435 e. The highest BCUT2D eigenvalue weighted by Crippen LogP contribution is 2.24. The van der Waals surface area contributed by atoms with E-state index in [4.69, 9.17) is 15.3 Å². The number of ether oxygens (including phenoxy) is 1. The summed E-state index contributed by atoms with van der Waals surface area (Å²) in [4.78, 5) is 7.72. The molecule has 0 saturated heterocycles. The Balaban J connectivity index is 2.40. The van der Waals surface area contributed by atoms with Gasteiger partial charge in [-0.05, 0) is 12.1 Å². The minimum absolute atomic E-state index is 0.0836. The first-order chi connectivity index (χ1) is 8.35. The fraction of sp³-hybridized carbons (Fsp3) is 0. The van der Waals surface area contributed by atoms with Gasteiger partial charge in [-0.1, -0.05) is 12.1 Å². The molecule has 0 aliphatic carbocycles. The fourth-order valence-electron chi connectivity index (χ4n) is 1.23. The van der Waals surface area contributed by atoms with E-state index in [-0.39, 0.29) is 11.6 Å². The van der Waals surface area contributed by atoms with Gasteiger partial charge in [-0.15, -0.1) is 0 Å². The zero-order valence-corrected chi connectivity index (χ0v) is 8.66. The van der Waals surface area contributed by atoms with Crippen LogP contribution in [0.25, 0.3) is 0 Å². The van der Waals surface area contributed by atoms with Gasteiger partial charge < -0.3 is 4.74 Å². The number of hydrogen-bond acceptors (Lipinski definition) is 5. The van der Waals surface area contributed by atoms with E-state index >= 15 is 0 Å². The summed E-state index contributed by atoms with van der Waals surface area (Å²) in [5, 5.41) is 17.7. The van der Waals surface area contributed by atoms with Crippen molar-refractivity contribution in [1.82, 2.24) is 9.97 Å². The van der Waals surface area contributed by atoms with Gasteiger partial charge in [0.1, 0.15) is 17.9 Å². The van der Waals surface area contributed by atoms with Crippen molar-refractivity contribution in [2.45, 2.75) is 0 Å². The Morgan fingerprint density at radius 2 is 1.76 bits per heavy atom. The van der Waals surface area contributed by atoms with Crippen LogP contribution < -0.4 is 4.74 Å². The molecule has 0 saturated carbocycles. The molecule has 0 radical (unpaired) electrons. The monoisotopic (exact) mass is 222 g/mol. The van der Waals surface area contributed by atoms with E-state index in [1.54, 1.807) is 24.3 Å². The molecule has 0 atom stereocenters. The zero-order valence-electron chi connectivity index (χ0n) is 8.66. The Bertz CT molecular complexity index is 569. The van der Waals surface area contributed by atoms with E-state index in [1.807, 2.05) is 12.1 Å². The third kappa shape index (κ3) is 2.19. The summed E-state index contributed by atoms with van der Waals surface area (Å²) in [6.45, 7) is 0. The second-order valence-electron chi connectivity index (χ2n) is 3.03. The Morgan fingerprint density at radius 1 is 1.00 bits per heavy atom. The van der Waals surface area contributed by atoms with Crippen molar-refractivity contribution in [2.75, 3.05) is 0 Å². The minimum atomic E-state index is 0.0836. The maximum Gasteiger partial charge on any atom is 0.256 e. The van der Waals surface area contributed by atoms with Gasteiger partial charge in [-0.2, -0.15) is 10.5 Å². The summed E-state index contributed by atoms with van der Waals surface area (Å²) in [5.41, 5.74) is 0.460. The molecular formula is C12H6N4O. The predicted octanol–water partition coefficient (Wildman–Crippen LogP) is 2.01. The smallest absolute Gasteiger partial charge is 0.256 e. The standard InChI is InChI=1S/C12H6N4O/c13-7-9-3-1-2-4-11(9)17-12-10(8-14)15-5-6-16-12/h1-6H. The molecule has 0 N–H and O–H groups in total. The highest BCUT2D eigenvalue weighted by Gasteiger charge is 2.09. The van der Waals surface area contributed by atoms with E-state index in [2.05, 4.69) is 9.97 Å². The molecule has 5 heteroatoms. The Hall–Kier alpha value is -2.92. The molecule has 0 bridgehead atoms. The van der Waals surface area contributed by atoms with E-state index in [0.29, 0.717) is 11.3 Å². The van der Waals surface area contributed by atoms with Crippen LogP contribution in [0, 0.1) is 22.7 Å². The molecule has 17 heavy (non-hydrogen) atoms. The van der Waals surface area contributed by atoms with Crippen molar-refractivity contribution in [3.05, 3.63) is 47.9 Å². The lowest BCUT2D eigenvalue weighted by atomic mass is 10.2. The molecule has 2 rings (SSSR count). The maximum atomic E-state index is 8.89. The maximum absolute atomic E-state index is 8.89. The molecule has 1 aromatic carbocycles. The lowest BCUT2D eigenvalue weighted by molar-refractivity contribution is 0.456. The fourth-order valence-corrected chi connectivity index (χ4v) is 1.23. The SMILES string of the molecule is N#Cc1ccccc1Oc1nccnc1C#N. The number of nitriles is 2. The Kier molecular flexibility index (Phi) is 2.95. The molecule has 0 amide bonds. The summed E-state index contributed by atoms with van der Waals surface area (Å²) >= 11 is 0. The van der Waals surface area contributed by atoms with Gasteiger partial charge >= 0.3 is 0 Å². The highest BCUT2D eigenvalue weighted by molar-refractivity contribution is 5.45. The largest absolute Gasteiger partial charge is 0.435 e. The summed E-state index contributed by atoms with van der Waals surface area (Å²) in [6.07, 6.45) is 2.83. The van der Waals surface area contributed by atoms with Crippen LogP contribution in [0.5, 0.6) is 11.6 Å². The molecule has 1 aromatic heterocycles. The highest BCUT2D eigenvalue weighted by atomic mass is 16.5. The molecule has 0 fully saturated rings. The topological polar surface area (TPSA) is 82.6 Å². The number of nitrogens with zero attached hydrogens (tertiary/aromatic N) is 4. The molecule has 0 aliphatic rings. The van der Waals surface area contributed by atoms with Crippen LogP contribution in [0.3, 0.4) is 0 Å². The molecule has 1 heterocycles. The first kappa shape index (κ1) is 10.6. The summed E-state index contributed by atoms with van der Waals surface area (Å²) in [7, 11) is 0. The van der Waals surface area contributed by atoms with Crippen molar-refractivity contribution >= 4 is 0 Å². The molecule has 0 aliphatic heterocycles. The Labute approximate surface area is 97.6 Å². The molecular weight excluding hydrogens is 216 g/mol. The molecule has 2 aromatic rings. The van der Waals surface area contributed by atoms with Gasteiger partial charge in [0.25, 0.3) is 5.88 Å². The molecule has 5 nitrogen and oxygen atoms in total. The van der Waals surface area contributed by atoms with E-state index < -0.39 is 0 Å². The van der Waals surface area contributed by atoms with Crippen molar-refractivity contribution in [1.29, 1.82) is 10.5 Å². The average molecular weight is 222 g/mol. The van der Waals surface area contributed by atoms with Crippen molar-refractivity contribution in [2.24, 2.45) is 0 Å². The van der Waals surface area contributed by atoms with Crippen molar-refractivity contribution in [3.8, 4) is 23.8 Å². The quantitative estimate of drug-likeness (QED) is 0.776. The van der Waals surface area contributed by atoms with Gasteiger partial charge in [-0.25, -0.2) is 9.97 Å². The van der Waals surface area contributed by atoms with Crippen LogP contribution in [0.15, 0.2) is 36.7 Å². The Morgan fingerprint density at radius 3 is 2.53 bits per heavy atom. The molecule has 80 valence electrons. The third-order valence-electron chi connectivity index (χ3n) is 1.98. The summed E-state index contributed by atoms with van der Waals surface area (Å²) in [5.74, 6) is 0.449. The summed E-state index contributed by atoms with van der Waals surface area (Å²) < 4.78 is 5.40. The normalized spacial score (nSPS) is 9.06. The van der Waals surface area contributed by atoms with Crippen LogP contribution in [-0.2, 0) is 0 Å². The van der Waals surface area contributed by atoms with Crippen molar-refractivity contribution < 1.29 is 4.74 Å². The van der Waals surface area contributed by atoms with Crippen LogP contribution in [-0.4, -0.2) is 9.97 Å². The number of benzene rings is 1. The van der Waals surface area contributed by atoms with Gasteiger partial charge in [0.05, 0.1) is 5.56 Å². The van der Waals surface area contributed by atoms with Gasteiger partial charge in [-0.3, -0.25) is 0 Å². The molecule has 0 unspecified atom stereocenters. The number of rotatable bonds is 2. The zero-order chi connectivity index (χ0) is 12.1. The average Bonchev–Trinajstić information content (AvgIpc) is 2.40. The molecule has 0 spiro atoms. The first-order valence-electron chi connectivity index (χ1n) is 4.73. The van der Waals surface area contributed by atoms with E-state index in [9.17, 15) is 0 Å². The summed E-state index contributed by atoms with van der Waals surface area (Å²) in [6, 6.07) is 10.6. The first-order valence-corrected chi connectivity index (χ1v) is 4.73. The van der Waals surface area contributed by atoms with Crippen LogP contribution in [0.2, 0.25) is 0 Å². The van der Waals surface area contributed by atoms with Gasteiger partial charge in [0.15, 0.2) is 0 Å². The number of aromatic nitrogens is 2. The van der Waals surface area contributed by atoms with Crippen LogP contribution >= 0.6 is 0 Å². The second kappa shape index (κ2) is 4.73. The van der Waals surface area contributed by atoms with Gasteiger partial charge in [0.2, 0.25) is 5.69 Å². The van der Waals surface area contributed by atoms with E-state index in [0.717, 1.165) is 0 Å². The lowest BCUT2D eigenvalue weighted by Gasteiger charge is -2.05. The van der Waals surface area contributed by atoms with Crippen LogP contribution in [0.4, 0.5) is 0 Å². The number of hydrogen-bond donors (Lipinski definition) is 0. The second-order valence-corrected chi connectivity index (χ2v) is 3.03. The van der Waals surface area contributed by atoms with Crippen LogP contribution in [0.1, 0.15) is 11.3 Å². The van der Waals surface area contributed by atoms with Gasteiger partial charge in [0, 0.05) is 12.4 Å². The van der Waals surface area contributed by atoms with E-state index in [1.165, 1.54) is 12.4 Å². The lowest BCUT2D eigenvalue weighted by Crippen LogP contribution is -1.95. The third-order valence-corrected chi connectivity index (χ3v) is 1.98. The van der Waals surface area contributed by atoms with Crippen molar-refractivity contribution in [3.63, 3.8) is 0 Å². The number of para-hydroxylation sites is 1. The predicted molar refractivity (Wildman–Crippen MR) is 58.0 cm³/mol.